The van der Waals surface area contributed by atoms with Crippen LogP contribution in [-0.2, 0) is 15.4 Å². The maximum atomic E-state index is 14.8. The third kappa shape index (κ3) is 6.58. The summed E-state index contributed by atoms with van der Waals surface area (Å²) >= 11 is 6.33. The van der Waals surface area contributed by atoms with Gasteiger partial charge in [0.1, 0.15) is 22.4 Å². The van der Waals surface area contributed by atoms with E-state index in [-0.39, 0.29) is 28.4 Å². The van der Waals surface area contributed by atoms with Crippen molar-refractivity contribution in [1.82, 2.24) is 24.1 Å². The molecule has 50 heavy (non-hydrogen) atoms. The van der Waals surface area contributed by atoms with Crippen LogP contribution in [0.5, 0.6) is 0 Å². The Morgan fingerprint density at radius 1 is 1.00 bits per heavy atom. The number of hydrogen-bond donors (Lipinski definition) is 1. The van der Waals surface area contributed by atoms with Crippen molar-refractivity contribution < 1.29 is 22.0 Å². The van der Waals surface area contributed by atoms with Crippen molar-refractivity contribution in [2.45, 2.75) is 93.7 Å². The molecule has 3 aromatic carbocycles. The van der Waals surface area contributed by atoms with Gasteiger partial charge in [0, 0.05) is 37.8 Å². The predicted octanol–water partition coefficient (Wildman–Crippen LogP) is 7.40. The molecule has 1 aromatic heterocycles. The summed E-state index contributed by atoms with van der Waals surface area (Å²) in [7, 11) is -4.16. The molecule has 0 saturated carbocycles. The maximum absolute atomic E-state index is 14.8. The molecule has 0 spiro atoms. The second-order valence-electron chi connectivity index (χ2n) is 14.3. The van der Waals surface area contributed by atoms with Crippen LogP contribution in [0.3, 0.4) is 0 Å². The van der Waals surface area contributed by atoms with Crippen LogP contribution >= 0.6 is 11.6 Å². The number of likely N-dealkylation sites (tertiary alicyclic amines) is 1. The van der Waals surface area contributed by atoms with Gasteiger partial charge in [-0.05, 0) is 112 Å². The smallest absolute Gasteiger partial charge is 0.255 e. The number of carbonyl (C=O) groups is 1. The summed E-state index contributed by atoms with van der Waals surface area (Å²) in [6.07, 6.45) is 7.02. The number of aryl methyl sites for hydroxylation is 1. The van der Waals surface area contributed by atoms with Crippen LogP contribution in [0.25, 0.3) is 11.0 Å². The van der Waals surface area contributed by atoms with Crippen molar-refractivity contribution in [1.29, 1.82) is 0 Å². The molecular weight excluding hydrogens is 680 g/mol. The van der Waals surface area contributed by atoms with Crippen LogP contribution in [-0.4, -0.2) is 71.9 Å². The van der Waals surface area contributed by atoms with Crippen molar-refractivity contribution in [3.8, 4) is 0 Å². The lowest BCUT2D eigenvalue weighted by Gasteiger charge is -2.45. The van der Waals surface area contributed by atoms with Crippen molar-refractivity contribution in [3.05, 3.63) is 94.3 Å². The molecule has 3 aliphatic heterocycles. The van der Waals surface area contributed by atoms with Gasteiger partial charge in [0.15, 0.2) is 0 Å². The molecule has 3 atom stereocenters. The van der Waals surface area contributed by atoms with Crippen LogP contribution in [0.2, 0.25) is 5.02 Å². The first-order valence-corrected chi connectivity index (χ1v) is 19.6. The molecule has 7 rings (SSSR count). The molecule has 8 nitrogen and oxygen atoms in total. The second-order valence-corrected chi connectivity index (χ2v) is 16.4. The highest BCUT2D eigenvalue weighted by Gasteiger charge is 2.44. The minimum Gasteiger partial charge on any atom is -0.339 e. The van der Waals surface area contributed by atoms with E-state index in [0.29, 0.717) is 50.5 Å². The topological polar surface area (TPSA) is 87.5 Å². The quantitative estimate of drug-likeness (QED) is 0.184. The second kappa shape index (κ2) is 14.0. The summed E-state index contributed by atoms with van der Waals surface area (Å²) in [6.45, 7) is 5.67. The number of benzene rings is 3. The number of piperidine rings is 2. The molecule has 4 heterocycles. The monoisotopic (exact) mass is 723 g/mol. The number of sulfonamides is 1. The van der Waals surface area contributed by atoms with Crippen molar-refractivity contribution in [2.24, 2.45) is 0 Å². The van der Waals surface area contributed by atoms with Crippen molar-refractivity contribution >= 4 is 38.6 Å². The fourth-order valence-electron chi connectivity index (χ4n) is 8.81. The number of amides is 1. The summed E-state index contributed by atoms with van der Waals surface area (Å²) < 4.78 is 59.8. The van der Waals surface area contributed by atoms with Crippen LogP contribution < -0.4 is 4.72 Å². The first-order chi connectivity index (χ1) is 24.0. The van der Waals surface area contributed by atoms with Gasteiger partial charge in [-0.25, -0.2) is 26.9 Å². The highest BCUT2D eigenvalue weighted by atomic mass is 35.5. The molecule has 3 fully saturated rings. The summed E-state index contributed by atoms with van der Waals surface area (Å²) in [5.74, 6) is -0.682. The largest absolute Gasteiger partial charge is 0.339 e. The molecular formula is C38H44ClF2N5O3S. The van der Waals surface area contributed by atoms with Crippen LogP contribution in [0.15, 0.2) is 65.6 Å². The molecule has 266 valence electrons. The fraction of sp³-hybridized carbons (Fsp3) is 0.474. The lowest BCUT2D eigenvalue weighted by molar-refractivity contribution is 0.0606. The van der Waals surface area contributed by atoms with E-state index < -0.39 is 26.6 Å². The highest BCUT2D eigenvalue weighted by molar-refractivity contribution is 7.89. The highest BCUT2D eigenvalue weighted by Crippen LogP contribution is 2.45. The number of nitrogens with one attached hydrogen (secondary N) is 1. The standard InChI is InChI=1S/C38H44ClF2N5O3S/c1-3-16-42-50(48,49)36-23-31(32(39)24-33(36)41)37(47)44-17-13-38(14-18-44,26-7-6-8-27(40)20-26)15-19-45-28-11-12-29(45)22-30(21-28)46-25(2)43-34-9-4-5-10-35(34)46/h4-10,20,23-24,28-30,42H,3,11-19,21-22H2,1-2H3/t28-,29+,30?. The minimum absolute atomic E-state index is 0.0523. The third-order valence-electron chi connectivity index (χ3n) is 11.4. The molecule has 1 amide bonds. The Morgan fingerprint density at radius 3 is 2.42 bits per heavy atom. The van der Waals surface area contributed by atoms with Crippen LogP contribution in [0.4, 0.5) is 8.78 Å². The van der Waals surface area contributed by atoms with Crippen LogP contribution in [0.1, 0.15) is 86.1 Å². The van der Waals surface area contributed by atoms with Gasteiger partial charge in [-0.2, -0.15) is 0 Å². The zero-order valence-electron chi connectivity index (χ0n) is 28.5. The molecule has 0 radical (unpaired) electrons. The first-order valence-electron chi connectivity index (χ1n) is 17.7. The van der Waals surface area contributed by atoms with E-state index in [4.69, 9.17) is 16.6 Å². The van der Waals surface area contributed by atoms with Crippen molar-refractivity contribution in [2.75, 3.05) is 26.2 Å². The molecule has 12 heteroatoms. The SMILES string of the molecule is CCCNS(=O)(=O)c1cc(C(=O)N2CCC(CCN3[C@@H]4CC[C@H]3CC(n3c(C)nc5ccccc53)C4)(c3cccc(F)c3)CC2)c(Cl)cc1F. The number of nitrogens with zero attached hydrogens (tertiary/aromatic N) is 4. The zero-order chi connectivity index (χ0) is 35.2. The number of aromatic nitrogens is 2. The van der Waals surface area contributed by atoms with Crippen molar-refractivity contribution in [3.63, 3.8) is 0 Å². The molecule has 3 saturated heterocycles. The van der Waals surface area contributed by atoms with Gasteiger partial charge in [0.05, 0.1) is 21.6 Å². The van der Waals surface area contributed by atoms with Gasteiger partial charge >= 0.3 is 0 Å². The fourth-order valence-corrected chi connectivity index (χ4v) is 10.3. The Kier molecular flexibility index (Phi) is 9.79. The van der Waals surface area contributed by atoms with Gasteiger partial charge in [0.25, 0.3) is 5.91 Å². The molecule has 1 N–H and O–H groups in total. The Balaban J connectivity index is 1.08. The number of hydrogen-bond acceptors (Lipinski definition) is 5. The first kappa shape index (κ1) is 35.0. The number of fused-ring (bicyclic) bond motifs is 3. The predicted molar refractivity (Wildman–Crippen MR) is 191 cm³/mol. The van der Waals surface area contributed by atoms with E-state index in [1.165, 1.54) is 11.6 Å². The third-order valence-corrected chi connectivity index (χ3v) is 13.2. The van der Waals surface area contributed by atoms with Gasteiger partial charge in [-0.15, -0.1) is 0 Å². The van der Waals surface area contributed by atoms with E-state index in [9.17, 15) is 22.0 Å². The molecule has 2 bridgehead atoms. The normalized spacial score (nSPS) is 22.3. The number of carbonyl (C=O) groups excluding carboxylic acids is 1. The average Bonchev–Trinajstić information content (AvgIpc) is 3.56. The summed E-state index contributed by atoms with van der Waals surface area (Å²) in [5.41, 5.74) is 2.77. The zero-order valence-corrected chi connectivity index (χ0v) is 30.1. The van der Waals surface area contributed by atoms with E-state index in [1.54, 1.807) is 24.0 Å². The molecule has 3 aliphatic rings. The van der Waals surface area contributed by atoms with Gasteiger partial charge < -0.3 is 9.47 Å². The maximum Gasteiger partial charge on any atom is 0.255 e. The number of para-hydroxylation sites is 2. The Labute approximate surface area is 297 Å². The summed E-state index contributed by atoms with van der Waals surface area (Å²) in [4.78, 5) is 22.4. The van der Waals surface area contributed by atoms with Gasteiger partial charge in [0.2, 0.25) is 10.0 Å². The Hall–Kier alpha value is -3.38. The summed E-state index contributed by atoms with van der Waals surface area (Å²) in [5, 5.41) is -0.137. The number of rotatable bonds is 10. The van der Waals surface area contributed by atoms with E-state index in [1.807, 2.05) is 12.1 Å². The molecule has 1 unspecified atom stereocenters. The Bertz CT molecular complexity index is 2000. The number of imidazole rings is 1. The molecule has 0 aliphatic carbocycles. The Morgan fingerprint density at radius 2 is 1.72 bits per heavy atom. The van der Waals surface area contributed by atoms with Gasteiger partial charge in [-0.3, -0.25) is 9.69 Å². The lowest BCUT2D eigenvalue weighted by atomic mass is 9.70. The van der Waals surface area contributed by atoms with E-state index >= 15 is 0 Å². The minimum atomic E-state index is -4.16. The lowest BCUT2D eigenvalue weighted by Crippen LogP contribution is -2.49. The van der Waals surface area contributed by atoms with E-state index in [0.717, 1.165) is 67.7 Å². The average molecular weight is 724 g/mol. The van der Waals surface area contributed by atoms with Gasteiger partial charge in [-0.1, -0.05) is 42.8 Å². The molecule has 4 aromatic rings. The summed E-state index contributed by atoms with van der Waals surface area (Å²) in [6, 6.07) is 18.5. The van der Waals surface area contributed by atoms with Crippen LogP contribution in [0, 0.1) is 18.6 Å². The number of halogens is 3. The van der Waals surface area contributed by atoms with E-state index in [2.05, 4.69) is 39.3 Å².